The molecule has 1 aliphatic carbocycles. The zero-order chi connectivity index (χ0) is 47.0. The maximum absolute atomic E-state index is 12.7. The summed E-state index contributed by atoms with van der Waals surface area (Å²) in [5, 5.41) is 3.83. The summed E-state index contributed by atoms with van der Waals surface area (Å²) in [6.07, 6.45) is 14.2. The molecule has 0 spiro atoms. The molecule has 1 unspecified atom stereocenters. The molecule has 0 saturated carbocycles. The second kappa shape index (κ2) is 18.5. The van der Waals surface area contributed by atoms with Gasteiger partial charge in [-0.15, -0.1) is 0 Å². The molecule has 3 N–H and O–H groups in total. The first-order chi connectivity index (χ1) is 29.7. The standard InChI is InChI=1S/C51H70N6O5S2/c1-50(2)43-35-41(63(11,58)59)23-25-45(43)54(31-13-33-56(5,6)7)47(50)27-19-38-15-12-16-39(49(38)53-40-21-17-37(18-22-40)29-30-52)20-28-48-51(3,4)44-36-42(64(60,61)62)24-26-46(44)55(48)32-14-34-57(8,9)10/h17-28,35-36H,11-16,29-34,52H2,1-10H3/p+1. The monoisotopic (exact) mass is 911 g/mol. The van der Waals surface area contributed by atoms with Crippen LogP contribution in [0.4, 0.5) is 17.1 Å². The minimum atomic E-state index is -4.64. The Kier molecular flexibility index (Phi) is 14.2. The van der Waals surface area contributed by atoms with Gasteiger partial charge in [-0.25, -0.2) is 8.42 Å². The molecular formula is C51H71N6O5S2+. The minimum Gasteiger partial charge on any atom is -0.774 e. The van der Waals surface area contributed by atoms with Crippen LogP contribution in [0, 0.1) is 0 Å². The number of nitrogens with two attached hydrogens (primary N) is 1. The lowest BCUT2D eigenvalue weighted by atomic mass is 9.81. The highest BCUT2D eigenvalue weighted by molar-refractivity contribution is 7.95. The van der Waals surface area contributed by atoms with E-state index in [4.69, 9.17) is 5.73 Å². The third-order valence-corrected chi connectivity index (χ3v) is 14.7. The lowest BCUT2D eigenvalue weighted by molar-refractivity contribution is -0.871. The van der Waals surface area contributed by atoms with Crippen molar-refractivity contribution in [3.63, 3.8) is 0 Å². The number of hydrogen-bond acceptors (Lipinski definition) is 8. The Morgan fingerprint density at radius 2 is 1.45 bits per heavy atom. The maximum atomic E-state index is 12.7. The van der Waals surface area contributed by atoms with Gasteiger partial charge in [-0.05, 0) is 117 Å². The van der Waals surface area contributed by atoms with E-state index < -0.39 is 30.8 Å². The highest BCUT2D eigenvalue weighted by atomic mass is 32.2. The van der Waals surface area contributed by atoms with Crippen LogP contribution in [-0.4, -0.2) is 122 Å². The Hall–Kier alpha value is -4.34. The summed E-state index contributed by atoms with van der Waals surface area (Å²) in [7, 11) is 4.83. The smallest absolute Gasteiger partial charge is 0.209 e. The molecule has 3 aromatic carbocycles. The van der Waals surface area contributed by atoms with Gasteiger partial charge in [0.1, 0.15) is 10.1 Å². The first kappa shape index (κ1) is 49.1. The van der Waals surface area contributed by atoms with E-state index in [-0.39, 0.29) is 9.79 Å². The molecule has 0 amide bonds. The molecule has 3 aromatic rings. The van der Waals surface area contributed by atoms with Crippen molar-refractivity contribution >= 4 is 48.6 Å². The lowest BCUT2D eigenvalue weighted by Crippen LogP contribution is -2.37. The summed E-state index contributed by atoms with van der Waals surface area (Å²) < 4.78 is 66.0. The van der Waals surface area contributed by atoms with Crippen molar-refractivity contribution in [2.45, 2.75) is 86.8 Å². The van der Waals surface area contributed by atoms with Gasteiger partial charge in [0.05, 0.1) is 72.1 Å². The Labute approximate surface area is 384 Å². The molecule has 6 rings (SSSR count). The second-order valence-corrected chi connectivity index (χ2v) is 23.9. The van der Waals surface area contributed by atoms with Gasteiger partial charge >= 0.3 is 0 Å². The summed E-state index contributed by atoms with van der Waals surface area (Å²) in [4.78, 5) is 2.30. The van der Waals surface area contributed by atoms with Gasteiger partial charge in [0, 0.05) is 63.8 Å². The van der Waals surface area contributed by atoms with Crippen molar-refractivity contribution in [3.8, 4) is 0 Å². The Bertz CT molecular complexity index is 2640. The molecule has 0 saturated heterocycles. The highest BCUT2D eigenvalue weighted by Crippen LogP contribution is 2.49. The zero-order valence-electron chi connectivity index (χ0n) is 39.8. The quantitative estimate of drug-likeness (QED) is 0.0612. The zero-order valence-corrected chi connectivity index (χ0v) is 41.4. The summed E-state index contributed by atoms with van der Waals surface area (Å²) in [5.74, 6) is 3.46. The van der Waals surface area contributed by atoms with Crippen molar-refractivity contribution < 1.29 is 35.3 Å². The Balaban J connectivity index is 1.48. The van der Waals surface area contributed by atoms with E-state index in [1.807, 2.05) is 6.07 Å². The molecule has 0 fully saturated rings. The molecule has 1 atom stereocenters. The van der Waals surface area contributed by atoms with Crippen molar-refractivity contribution in [1.82, 2.24) is 0 Å². The molecule has 13 heteroatoms. The van der Waals surface area contributed by atoms with E-state index in [9.17, 15) is 21.7 Å². The van der Waals surface area contributed by atoms with Crippen molar-refractivity contribution in [2.75, 3.05) is 85.2 Å². The molecule has 0 radical (unpaired) electrons. The molecular weight excluding hydrogens is 841 g/mol. The van der Waals surface area contributed by atoms with Gasteiger partial charge in [0.2, 0.25) is 5.69 Å². The minimum absolute atomic E-state index is 0.216. The van der Waals surface area contributed by atoms with Gasteiger partial charge in [0.25, 0.3) is 0 Å². The molecule has 0 aromatic heterocycles. The largest absolute Gasteiger partial charge is 0.774 e. The summed E-state index contributed by atoms with van der Waals surface area (Å²) in [5.41, 5.74) is 16.2. The first-order valence-electron chi connectivity index (χ1n) is 22.5. The average molecular weight is 912 g/mol. The van der Waals surface area contributed by atoms with Gasteiger partial charge in [0.15, 0.2) is 12.3 Å². The summed E-state index contributed by atoms with van der Waals surface area (Å²) >= 11 is 0. The van der Waals surface area contributed by atoms with Crippen molar-refractivity contribution in [2.24, 2.45) is 5.73 Å². The van der Waals surface area contributed by atoms with Crippen molar-refractivity contribution in [3.05, 3.63) is 124 Å². The number of rotatable bonds is 17. The van der Waals surface area contributed by atoms with Crippen LogP contribution >= 0.6 is 0 Å². The number of anilines is 2. The number of hydrogen-bond donors (Lipinski definition) is 2. The fourth-order valence-electron chi connectivity index (χ4n) is 9.39. The van der Waals surface area contributed by atoms with E-state index in [0.29, 0.717) is 6.54 Å². The van der Waals surface area contributed by atoms with Crippen LogP contribution in [0.15, 0.2) is 117 Å². The van der Waals surface area contributed by atoms with Crippen LogP contribution in [0.3, 0.4) is 0 Å². The van der Waals surface area contributed by atoms with Crippen molar-refractivity contribution in [1.29, 1.82) is 0 Å². The molecule has 0 bridgehead atoms. The fourth-order valence-corrected chi connectivity index (χ4v) is 10.5. The van der Waals surface area contributed by atoms with E-state index in [1.54, 1.807) is 24.3 Å². The molecule has 2 aliphatic heterocycles. The molecule has 346 valence electrons. The first-order valence-corrected chi connectivity index (χ1v) is 25.5. The fraction of sp³-hybridized carbons (Fsp3) is 0.451. The number of allylic oxidation sites excluding steroid dienone is 7. The van der Waals surface area contributed by atoms with E-state index in [0.717, 1.165) is 130 Å². The van der Waals surface area contributed by atoms with Gasteiger partial charge in [-0.2, -0.15) is 4.58 Å². The van der Waals surface area contributed by atoms with Gasteiger partial charge < -0.3 is 34.0 Å². The van der Waals surface area contributed by atoms with Crippen LogP contribution in [0.1, 0.15) is 76.5 Å². The third kappa shape index (κ3) is 11.2. The molecule has 11 nitrogen and oxygen atoms in total. The van der Waals surface area contributed by atoms with E-state index in [2.05, 4.69) is 139 Å². The normalized spacial score (nSPS) is 19.8. The Morgan fingerprint density at radius 1 is 0.812 bits per heavy atom. The second-order valence-electron chi connectivity index (χ2n) is 20.8. The molecule has 64 heavy (non-hydrogen) atoms. The van der Waals surface area contributed by atoms with Crippen LogP contribution in [0.2, 0.25) is 0 Å². The van der Waals surface area contributed by atoms with E-state index >= 15 is 0 Å². The predicted octanol–water partition coefficient (Wildman–Crippen LogP) is 7.58. The number of quaternary nitrogens is 2. The third-order valence-electron chi connectivity index (χ3n) is 12.9. The van der Waals surface area contributed by atoms with Crippen LogP contribution in [0.5, 0.6) is 0 Å². The molecule has 2 heterocycles. The van der Waals surface area contributed by atoms with E-state index in [1.165, 1.54) is 11.6 Å². The SMILES string of the molecule is C=S(=O)([O-])c1ccc2c(c1)C(C)(C)C(C=CC1=C(Nc3ccc(CCN)cc3)C(=CC=C3N(CCC[N+](C)(C)C)c4ccc(S(=O)(=O)[O-])cc4C3(C)C)CCC1)=[N+]2CCC[N+](C)(C)C. The number of fused-ring (bicyclic) bond motifs is 2. The van der Waals surface area contributed by atoms with Crippen LogP contribution < -0.4 is 16.0 Å². The lowest BCUT2D eigenvalue weighted by Gasteiger charge is -2.29. The number of benzene rings is 3. The predicted molar refractivity (Wildman–Crippen MR) is 262 cm³/mol. The topological polar surface area (TPSA) is 142 Å². The number of nitrogens with one attached hydrogen (secondary N) is 1. The number of nitrogens with zero attached hydrogens (tertiary/aromatic N) is 4. The van der Waals surface area contributed by atoms with Gasteiger partial charge in [-0.3, -0.25) is 4.21 Å². The molecule has 3 aliphatic rings. The highest BCUT2D eigenvalue weighted by Gasteiger charge is 2.45. The summed E-state index contributed by atoms with van der Waals surface area (Å²) in [6.45, 7) is 12.6. The Morgan fingerprint density at radius 3 is 2.08 bits per heavy atom. The maximum Gasteiger partial charge on any atom is 0.209 e. The van der Waals surface area contributed by atoms with Crippen LogP contribution in [-0.2, 0) is 37.2 Å². The van der Waals surface area contributed by atoms with Gasteiger partial charge in [-0.1, -0.05) is 53.8 Å². The van der Waals surface area contributed by atoms with Crippen LogP contribution in [0.25, 0.3) is 0 Å². The summed E-state index contributed by atoms with van der Waals surface area (Å²) in [6, 6.07) is 18.6. The average Bonchev–Trinajstić information content (AvgIpc) is 3.53.